The number of aromatic nitrogens is 4. The van der Waals surface area contributed by atoms with Crippen LogP contribution in [0.1, 0.15) is 23.2 Å². The van der Waals surface area contributed by atoms with Crippen molar-refractivity contribution in [2.75, 3.05) is 11.9 Å². The first-order valence-corrected chi connectivity index (χ1v) is 10.8. The highest BCUT2D eigenvalue weighted by atomic mass is 32.1. The summed E-state index contributed by atoms with van der Waals surface area (Å²) in [6, 6.07) is 13.9. The number of thiazole rings is 1. The zero-order valence-electron chi connectivity index (χ0n) is 17.0. The average molecular weight is 418 g/mol. The summed E-state index contributed by atoms with van der Waals surface area (Å²) >= 11 is 1.67. The Balaban J connectivity index is 1.34. The highest BCUT2D eigenvalue weighted by molar-refractivity contribution is 7.09. The van der Waals surface area contributed by atoms with E-state index in [1.165, 1.54) is 11.6 Å². The first-order valence-electron chi connectivity index (χ1n) is 9.92. The van der Waals surface area contributed by atoms with Crippen molar-refractivity contribution in [2.45, 2.75) is 26.7 Å². The molecule has 0 spiro atoms. The fourth-order valence-corrected chi connectivity index (χ4v) is 3.76. The summed E-state index contributed by atoms with van der Waals surface area (Å²) in [6.07, 6.45) is 3.34. The van der Waals surface area contributed by atoms with Crippen molar-refractivity contribution in [1.82, 2.24) is 19.9 Å². The molecule has 0 radical (unpaired) electrons. The summed E-state index contributed by atoms with van der Waals surface area (Å²) in [5, 5.41) is 6.51. The van der Waals surface area contributed by atoms with Gasteiger partial charge in [0, 0.05) is 41.0 Å². The van der Waals surface area contributed by atoms with Crippen molar-refractivity contribution >= 4 is 17.2 Å². The Kier molecular flexibility index (Phi) is 5.99. The third-order valence-corrected chi connectivity index (χ3v) is 5.56. The summed E-state index contributed by atoms with van der Waals surface area (Å²) in [4.78, 5) is 28.0. The molecule has 0 saturated heterocycles. The van der Waals surface area contributed by atoms with Crippen molar-refractivity contribution in [2.24, 2.45) is 0 Å². The number of aromatic amines is 1. The van der Waals surface area contributed by atoms with Crippen molar-refractivity contribution in [1.29, 1.82) is 0 Å². The Morgan fingerprint density at radius 1 is 1.07 bits per heavy atom. The first-order chi connectivity index (χ1) is 14.6. The van der Waals surface area contributed by atoms with E-state index in [4.69, 9.17) is 0 Å². The fraction of sp³-hybridized carbons (Fsp3) is 0.217. The number of H-pyrrole nitrogens is 1. The van der Waals surface area contributed by atoms with Crippen molar-refractivity contribution in [3.63, 3.8) is 0 Å². The Morgan fingerprint density at radius 2 is 1.87 bits per heavy atom. The number of hydrogen-bond acceptors (Lipinski definition) is 6. The van der Waals surface area contributed by atoms with Crippen molar-refractivity contribution < 1.29 is 0 Å². The zero-order valence-corrected chi connectivity index (χ0v) is 17.8. The highest BCUT2D eigenvalue weighted by Crippen LogP contribution is 2.22. The monoisotopic (exact) mass is 417 g/mol. The van der Waals surface area contributed by atoms with Gasteiger partial charge < -0.3 is 10.3 Å². The lowest BCUT2D eigenvalue weighted by atomic mass is 10.1. The SMILES string of the molecule is CCc1cc(=O)[nH]c(-c2ccc(NCCc3ccc(-c4csc(C)n4)cc3)nc2)n1. The Morgan fingerprint density at radius 3 is 2.53 bits per heavy atom. The second-order valence-corrected chi connectivity index (χ2v) is 8.06. The largest absolute Gasteiger partial charge is 0.370 e. The lowest BCUT2D eigenvalue weighted by Crippen LogP contribution is -2.10. The molecule has 0 aliphatic heterocycles. The minimum absolute atomic E-state index is 0.144. The number of nitrogens with one attached hydrogen (secondary N) is 2. The third-order valence-electron chi connectivity index (χ3n) is 4.78. The van der Waals surface area contributed by atoms with Crippen LogP contribution in [-0.2, 0) is 12.8 Å². The Bertz CT molecular complexity index is 1180. The van der Waals surface area contributed by atoms with E-state index < -0.39 is 0 Å². The molecule has 0 unspecified atom stereocenters. The number of anilines is 1. The molecule has 0 aliphatic carbocycles. The minimum Gasteiger partial charge on any atom is -0.370 e. The molecule has 4 rings (SSSR count). The third kappa shape index (κ3) is 4.80. The van der Waals surface area contributed by atoms with Gasteiger partial charge in [0.05, 0.1) is 10.7 Å². The molecule has 0 amide bonds. The smallest absolute Gasteiger partial charge is 0.251 e. The number of hydrogen-bond donors (Lipinski definition) is 2. The molecular weight excluding hydrogens is 394 g/mol. The van der Waals surface area contributed by atoms with Gasteiger partial charge >= 0.3 is 0 Å². The number of aryl methyl sites for hydroxylation is 2. The van der Waals surface area contributed by atoms with Gasteiger partial charge in [-0.3, -0.25) is 4.79 Å². The molecule has 0 fully saturated rings. The first kappa shape index (κ1) is 20.0. The van der Waals surface area contributed by atoms with Crippen LogP contribution in [0.4, 0.5) is 5.82 Å². The molecule has 3 heterocycles. The van der Waals surface area contributed by atoms with E-state index in [0.29, 0.717) is 12.2 Å². The van der Waals surface area contributed by atoms with Crippen LogP contribution in [0.3, 0.4) is 0 Å². The molecule has 1 aromatic carbocycles. The van der Waals surface area contributed by atoms with Crippen LogP contribution in [0.5, 0.6) is 0 Å². The van der Waals surface area contributed by atoms with Gasteiger partial charge in [-0.05, 0) is 37.5 Å². The molecule has 0 bridgehead atoms. The van der Waals surface area contributed by atoms with Gasteiger partial charge in [-0.15, -0.1) is 11.3 Å². The van der Waals surface area contributed by atoms with E-state index in [-0.39, 0.29) is 5.56 Å². The molecule has 6 nitrogen and oxygen atoms in total. The molecule has 3 aromatic heterocycles. The Hall–Kier alpha value is -3.32. The van der Waals surface area contributed by atoms with Gasteiger partial charge in [-0.25, -0.2) is 15.0 Å². The van der Waals surface area contributed by atoms with Crippen molar-refractivity contribution in [3.8, 4) is 22.6 Å². The number of pyridine rings is 1. The lowest BCUT2D eigenvalue weighted by molar-refractivity contribution is 0.983. The van der Waals surface area contributed by atoms with Crippen LogP contribution >= 0.6 is 11.3 Å². The summed E-state index contributed by atoms with van der Waals surface area (Å²) in [5.41, 5.74) is 4.86. The van der Waals surface area contributed by atoms with Crippen LogP contribution in [0.15, 0.2) is 58.8 Å². The minimum atomic E-state index is -0.144. The predicted octanol–water partition coefficient (Wildman–Crippen LogP) is 4.48. The fourth-order valence-electron chi connectivity index (χ4n) is 3.14. The number of nitrogens with zero attached hydrogens (tertiary/aromatic N) is 3. The maximum absolute atomic E-state index is 11.8. The second kappa shape index (κ2) is 9.00. The number of benzene rings is 1. The maximum atomic E-state index is 11.8. The van der Waals surface area contributed by atoms with Crippen LogP contribution in [0.25, 0.3) is 22.6 Å². The van der Waals surface area contributed by atoms with E-state index in [2.05, 4.69) is 54.9 Å². The molecule has 30 heavy (non-hydrogen) atoms. The predicted molar refractivity (Wildman–Crippen MR) is 122 cm³/mol. The molecule has 7 heteroatoms. The molecular formula is C23H23N5OS. The summed E-state index contributed by atoms with van der Waals surface area (Å²) in [6.45, 7) is 4.78. The van der Waals surface area contributed by atoms with E-state index in [9.17, 15) is 4.79 Å². The average Bonchev–Trinajstić information content (AvgIpc) is 3.20. The molecule has 0 saturated carbocycles. The molecule has 0 atom stereocenters. The quantitative estimate of drug-likeness (QED) is 0.463. The summed E-state index contributed by atoms with van der Waals surface area (Å²) in [5.74, 6) is 1.34. The summed E-state index contributed by atoms with van der Waals surface area (Å²) in [7, 11) is 0. The normalized spacial score (nSPS) is 10.9. The second-order valence-electron chi connectivity index (χ2n) is 7.00. The van der Waals surface area contributed by atoms with Crippen LogP contribution in [0.2, 0.25) is 0 Å². The Labute approximate surface area is 179 Å². The highest BCUT2D eigenvalue weighted by Gasteiger charge is 2.05. The maximum Gasteiger partial charge on any atom is 0.251 e. The number of rotatable bonds is 7. The van der Waals surface area contributed by atoms with Gasteiger partial charge in [-0.1, -0.05) is 31.2 Å². The van der Waals surface area contributed by atoms with E-state index in [1.54, 1.807) is 17.5 Å². The zero-order chi connectivity index (χ0) is 20.9. The van der Waals surface area contributed by atoms with E-state index in [1.807, 2.05) is 26.0 Å². The van der Waals surface area contributed by atoms with Gasteiger partial charge in [0.15, 0.2) is 0 Å². The standard InChI is InChI=1S/C23H23N5OS/c1-3-19-12-22(29)28-23(27-19)18-8-9-21(25-13-18)24-11-10-16-4-6-17(7-5-16)20-14-30-15(2)26-20/h4-9,12-14H,3,10-11H2,1-2H3,(H,24,25)(H,27,28,29). The molecule has 4 aromatic rings. The lowest BCUT2D eigenvalue weighted by Gasteiger charge is -2.08. The van der Waals surface area contributed by atoms with E-state index >= 15 is 0 Å². The topological polar surface area (TPSA) is 83.6 Å². The van der Waals surface area contributed by atoms with Gasteiger partial charge in [0.1, 0.15) is 11.6 Å². The molecule has 0 aliphatic rings. The van der Waals surface area contributed by atoms with E-state index in [0.717, 1.165) is 46.3 Å². The van der Waals surface area contributed by atoms with Gasteiger partial charge in [0.25, 0.3) is 5.56 Å². The van der Waals surface area contributed by atoms with Crippen molar-refractivity contribution in [3.05, 3.63) is 80.7 Å². The summed E-state index contributed by atoms with van der Waals surface area (Å²) < 4.78 is 0. The van der Waals surface area contributed by atoms with Gasteiger partial charge in [0.2, 0.25) is 0 Å². The van der Waals surface area contributed by atoms with Gasteiger partial charge in [-0.2, -0.15) is 0 Å². The molecule has 2 N–H and O–H groups in total. The molecule has 152 valence electrons. The van der Waals surface area contributed by atoms with Crippen LogP contribution in [-0.4, -0.2) is 26.5 Å². The van der Waals surface area contributed by atoms with Crippen LogP contribution < -0.4 is 10.9 Å². The van der Waals surface area contributed by atoms with Crippen LogP contribution in [0, 0.1) is 6.92 Å².